The van der Waals surface area contributed by atoms with Crippen molar-refractivity contribution < 1.29 is 17.9 Å². The molecule has 7 heteroatoms. The number of hydrogen-bond donors (Lipinski definition) is 2. The molecule has 0 unspecified atom stereocenters. The number of amides is 1. The van der Waals surface area contributed by atoms with Crippen LogP contribution in [0.25, 0.3) is 0 Å². The van der Waals surface area contributed by atoms with E-state index in [9.17, 15) is 13.2 Å². The molecule has 152 valence electrons. The molecule has 2 aromatic carbocycles. The largest absolute Gasteiger partial charge is 0.494 e. The number of ether oxygens (including phenoxy) is 1. The molecule has 0 saturated heterocycles. The highest BCUT2D eigenvalue weighted by atomic mass is 32.2. The summed E-state index contributed by atoms with van der Waals surface area (Å²) in [6.07, 6.45) is 1.02. The summed E-state index contributed by atoms with van der Waals surface area (Å²) in [6, 6.07) is 14.5. The second kappa shape index (κ2) is 10.2. The first kappa shape index (κ1) is 21.9. The van der Waals surface area contributed by atoms with Gasteiger partial charge in [-0.05, 0) is 56.5 Å². The minimum Gasteiger partial charge on any atom is -0.494 e. The van der Waals surface area contributed by atoms with Crippen molar-refractivity contribution in [2.24, 2.45) is 0 Å². The van der Waals surface area contributed by atoms with E-state index in [1.807, 2.05) is 51.1 Å². The van der Waals surface area contributed by atoms with Gasteiger partial charge < -0.3 is 10.1 Å². The molecule has 0 aliphatic rings. The van der Waals surface area contributed by atoms with Crippen LogP contribution >= 0.6 is 0 Å². The number of carbonyl (C=O) groups is 1. The Bertz CT molecular complexity index is 852. The van der Waals surface area contributed by atoms with Crippen LogP contribution in [0.4, 0.5) is 0 Å². The van der Waals surface area contributed by atoms with E-state index in [1.54, 1.807) is 12.1 Å². The number of rotatable bonds is 10. The Morgan fingerprint density at radius 1 is 1.04 bits per heavy atom. The third-order valence-corrected chi connectivity index (χ3v) is 5.83. The van der Waals surface area contributed by atoms with Crippen LogP contribution in [0.3, 0.4) is 0 Å². The first-order valence-electron chi connectivity index (χ1n) is 9.45. The van der Waals surface area contributed by atoms with E-state index >= 15 is 0 Å². The lowest BCUT2D eigenvalue weighted by atomic mass is 10.1. The molecule has 28 heavy (non-hydrogen) atoms. The SMILES string of the molecule is CCOc1ccc(S(=O)(=O)N[C@H](Cc2ccccc2)C(=O)N[C@@H](C)CC)cc1. The second-order valence-corrected chi connectivity index (χ2v) is 8.30. The molecule has 0 aliphatic carbocycles. The Kier molecular flexibility index (Phi) is 8.02. The van der Waals surface area contributed by atoms with Gasteiger partial charge in [0, 0.05) is 6.04 Å². The van der Waals surface area contributed by atoms with E-state index in [2.05, 4.69) is 10.0 Å². The quantitative estimate of drug-likeness (QED) is 0.638. The highest BCUT2D eigenvalue weighted by molar-refractivity contribution is 7.89. The molecule has 0 aromatic heterocycles. The summed E-state index contributed by atoms with van der Waals surface area (Å²) in [6.45, 7) is 6.20. The number of benzene rings is 2. The Balaban J connectivity index is 2.22. The fourth-order valence-corrected chi connectivity index (χ4v) is 3.82. The average Bonchev–Trinajstić information content (AvgIpc) is 2.68. The van der Waals surface area contributed by atoms with Gasteiger partial charge in [-0.2, -0.15) is 4.72 Å². The summed E-state index contributed by atoms with van der Waals surface area (Å²) in [5.74, 6) is 0.254. The zero-order valence-electron chi connectivity index (χ0n) is 16.5. The lowest BCUT2D eigenvalue weighted by molar-refractivity contribution is -0.123. The van der Waals surface area contributed by atoms with Gasteiger partial charge in [0.15, 0.2) is 0 Å². The highest BCUT2D eigenvalue weighted by Gasteiger charge is 2.26. The average molecular weight is 405 g/mol. The second-order valence-electron chi connectivity index (χ2n) is 6.59. The van der Waals surface area contributed by atoms with Crippen LogP contribution in [0.2, 0.25) is 0 Å². The van der Waals surface area contributed by atoms with Crippen LogP contribution in [-0.4, -0.2) is 33.0 Å². The molecule has 0 fully saturated rings. The first-order valence-corrected chi connectivity index (χ1v) is 10.9. The minimum atomic E-state index is -3.87. The van der Waals surface area contributed by atoms with Crippen LogP contribution in [0.1, 0.15) is 32.8 Å². The molecule has 1 amide bonds. The zero-order chi connectivity index (χ0) is 20.6. The summed E-state index contributed by atoms with van der Waals surface area (Å²) in [5, 5.41) is 2.86. The number of hydrogen-bond acceptors (Lipinski definition) is 4. The lowest BCUT2D eigenvalue weighted by Gasteiger charge is -2.21. The summed E-state index contributed by atoms with van der Waals surface area (Å²) in [7, 11) is -3.87. The molecule has 0 heterocycles. The van der Waals surface area contributed by atoms with E-state index in [4.69, 9.17) is 4.74 Å². The summed E-state index contributed by atoms with van der Waals surface area (Å²) < 4.78 is 33.6. The van der Waals surface area contributed by atoms with E-state index in [0.717, 1.165) is 12.0 Å². The number of carbonyl (C=O) groups excluding carboxylic acids is 1. The van der Waals surface area contributed by atoms with Crippen molar-refractivity contribution >= 4 is 15.9 Å². The maximum absolute atomic E-state index is 12.8. The predicted octanol–water partition coefficient (Wildman–Crippen LogP) is 2.89. The molecule has 2 aromatic rings. The Morgan fingerprint density at radius 3 is 2.25 bits per heavy atom. The zero-order valence-corrected chi connectivity index (χ0v) is 17.3. The van der Waals surface area contributed by atoms with Gasteiger partial charge in [-0.1, -0.05) is 37.3 Å². The molecule has 2 rings (SSSR count). The summed E-state index contributed by atoms with van der Waals surface area (Å²) >= 11 is 0. The maximum Gasteiger partial charge on any atom is 0.241 e. The van der Waals surface area contributed by atoms with Gasteiger partial charge >= 0.3 is 0 Å². The minimum absolute atomic E-state index is 0.0410. The monoisotopic (exact) mass is 404 g/mol. The van der Waals surface area contributed by atoms with E-state index in [-0.39, 0.29) is 23.3 Å². The standard InChI is InChI=1S/C21H28N2O4S/c1-4-16(3)22-21(24)20(15-17-9-7-6-8-10-17)23-28(25,26)19-13-11-18(12-14-19)27-5-2/h6-14,16,20,23H,4-5,15H2,1-3H3,(H,22,24)/t16-,20+/m0/s1. The molecule has 0 bridgehead atoms. The van der Waals surface area contributed by atoms with Gasteiger partial charge in [0.2, 0.25) is 15.9 Å². The van der Waals surface area contributed by atoms with Gasteiger partial charge in [-0.3, -0.25) is 4.79 Å². The van der Waals surface area contributed by atoms with E-state index in [0.29, 0.717) is 12.4 Å². The maximum atomic E-state index is 12.8. The summed E-state index contributed by atoms with van der Waals surface area (Å²) in [5.41, 5.74) is 0.876. The number of sulfonamides is 1. The Morgan fingerprint density at radius 2 is 1.68 bits per heavy atom. The van der Waals surface area contributed by atoms with Crippen molar-refractivity contribution in [1.29, 1.82) is 0 Å². The van der Waals surface area contributed by atoms with Crippen LogP contribution in [0.5, 0.6) is 5.75 Å². The van der Waals surface area contributed by atoms with Crippen molar-refractivity contribution in [3.05, 3.63) is 60.2 Å². The molecule has 2 atom stereocenters. The van der Waals surface area contributed by atoms with Crippen LogP contribution in [0, 0.1) is 0 Å². The van der Waals surface area contributed by atoms with Crippen LogP contribution in [-0.2, 0) is 21.2 Å². The molecular formula is C21H28N2O4S. The third kappa shape index (κ3) is 6.35. The molecule has 2 N–H and O–H groups in total. The van der Waals surface area contributed by atoms with Gasteiger partial charge in [0.1, 0.15) is 11.8 Å². The normalized spacial score (nSPS) is 13.5. The summed E-state index contributed by atoms with van der Waals surface area (Å²) in [4.78, 5) is 12.8. The highest BCUT2D eigenvalue weighted by Crippen LogP contribution is 2.17. The van der Waals surface area contributed by atoms with E-state index < -0.39 is 16.1 Å². The fourth-order valence-electron chi connectivity index (χ4n) is 2.62. The Labute approximate surface area is 167 Å². The van der Waals surface area contributed by atoms with Crippen LogP contribution in [0.15, 0.2) is 59.5 Å². The van der Waals surface area contributed by atoms with Crippen molar-refractivity contribution in [3.8, 4) is 5.75 Å². The van der Waals surface area contributed by atoms with E-state index in [1.165, 1.54) is 12.1 Å². The lowest BCUT2D eigenvalue weighted by Crippen LogP contribution is -2.50. The van der Waals surface area contributed by atoms with Crippen molar-refractivity contribution in [3.63, 3.8) is 0 Å². The fraction of sp³-hybridized carbons (Fsp3) is 0.381. The molecule has 0 aliphatic heterocycles. The molecule has 0 spiro atoms. The molecular weight excluding hydrogens is 376 g/mol. The van der Waals surface area contributed by atoms with Gasteiger partial charge in [0.25, 0.3) is 0 Å². The third-order valence-electron chi connectivity index (χ3n) is 4.34. The smallest absolute Gasteiger partial charge is 0.241 e. The topological polar surface area (TPSA) is 84.5 Å². The van der Waals surface area contributed by atoms with Gasteiger partial charge in [-0.25, -0.2) is 8.42 Å². The Hall–Kier alpha value is -2.38. The first-order chi connectivity index (χ1) is 13.4. The molecule has 6 nitrogen and oxygen atoms in total. The van der Waals surface area contributed by atoms with Crippen molar-refractivity contribution in [2.45, 2.75) is 50.6 Å². The number of nitrogens with one attached hydrogen (secondary N) is 2. The predicted molar refractivity (Wildman–Crippen MR) is 110 cm³/mol. The van der Waals surface area contributed by atoms with Crippen LogP contribution < -0.4 is 14.8 Å². The molecule has 0 saturated carbocycles. The van der Waals surface area contributed by atoms with Gasteiger partial charge in [-0.15, -0.1) is 0 Å². The van der Waals surface area contributed by atoms with Crippen molar-refractivity contribution in [2.75, 3.05) is 6.61 Å². The molecule has 0 radical (unpaired) electrons. The van der Waals surface area contributed by atoms with Crippen molar-refractivity contribution in [1.82, 2.24) is 10.0 Å². The van der Waals surface area contributed by atoms with Gasteiger partial charge in [0.05, 0.1) is 11.5 Å².